The zero-order chi connectivity index (χ0) is 15.4. The van der Waals surface area contributed by atoms with Crippen LogP contribution in [0.15, 0.2) is 18.2 Å². The second kappa shape index (κ2) is 6.67. The van der Waals surface area contributed by atoms with Crippen LogP contribution < -0.4 is 4.74 Å². The lowest BCUT2D eigenvalue weighted by Crippen LogP contribution is -2.49. The lowest BCUT2D eigenvalue weighted by molar-refractivity contribution is -0.130. The number of amides is 1. The number of benzene rings is 1. The number of carbonyl (C=O) groups is 2. The van der Waals surface area contributed by atoms with Crippen LogP contribution in [0, 0.1) is 5.82 Å². The van der Waals surface area contributed by atoms with Crippen molar-refractivity contribution in [3.63, 3.8) is 0 Å². The van der Waals surface area contributed by atoms with Crippen molar-refractivity contribution in [1.82, 2.24) is 9.80 Å². The molecule has 0 spiro atoms. The van der Waals surface area contributed by atoms with Crippen molar-refractivity contribution < 1.29 is 18.7 Å². The van der Waals surface area contributed by atoms with E-state index in [9.17, 15) is 14.0 Å². The maximum Gasteiger partial charge on any atom is 0.219 e. The summed E-state index contributed by atoms with van der Waals surface area (Å²) in [5.41, 5.74) is 0.335. The van der Waals surface area contributed by atoms with Gasteiger partial charge in [0.05, 0.1) is 13.7 Å². The highest BCUT2D eigenvalue weighted by Crippen LogP contribution is 2.18. The quantitative estimate of drug-likeness (QED) is 0.783. The number of ketones is 1. The van der Waals surface area contributed by atoms with E-state index in [2.05, 4.69) is 0 Å². The van der Waals surface area contributed by atoms with Crippen molar-refractivity contribution in [1.29, 1.82) is 0 Å². The smallest absolute Gasteiger partial charge is 0.219 e. The average molecular weight is 294 g/mol. The summed E-state index contributed by atoms with van der Waals surface area (Å²) in [5, 5.41) is 0. The molecule has 1 aromatic carbocycles. The van der Waals surface area contributed by atoms with E-state index in [1.807, 2.05) is 4.90 Å². The Kier molecular flexibility index (Phi) is 4.90. The van der Waals surface area contributed by atoms with E-state index in [-0.39, 0.29) is 24.0 Å². The number of carbonyl (C=O) groups excluding carboxylic acids is 2. The monoisotopic (exact) mass is 294 g/mol. The van der Waals surface area contributed by atoms with Crippen LogP contribution in [0.1, 0.15) is 17.3 Å². The van der Waals surface area contributed by atoms with E-state index in [0.29, 0.717) is 31.7 Å². The lowest BCUT2D eigenvalue weighted by Gasteiger charge is -2.33. The second-order valence-corrected chi connectivity index (χ2v) is 5.05. The Morgan fingerprint density at radius 2 is 1.90 bits per heavy atom. The molecular weight excluding hydrogens is 275 g/mol. The number of Topliss-reactive ketones (excluding diaryl/α,β-unsaturated/α-hetero) is 1. The highest BCUT2D eigenvalue weighted by atomic mass is 19.1. The summed E-state index contributed by atoms with van der Waals surface area (Å²) in [7, 11) is 1.38. The van der Waals surface area contributed by atoms with Crippen LogP contribution in [0.2, 0.25) is 0 Å². The van der Waals surface area contributed by atoms with Crippen molar-refractivity contribution in [2.75, 3.05) is 39.8 Å². The van der Waals surface area contributed by atoms with Crippen LogP contribution in [0.5, 0.6) is 5.75 Å². The third-order valence-corrected chi connectivity index (χ3v) is 3.66. The normalized spacial score (nSPS) is 15.9. The molecule has 1 aliphatic rings. The molecule has 1 aliphatic heterocycles. The summed E-state index contributed by atoms with van der Waals surface area (Å²) in [6.45, 7) is 4.34. The van der Waals surface area contributed by atoms with Crippen LogP contribution in [-0.2, 0) is 4.79 Å². The SMILES string of the molecule is COc1ccc(C(=O)CN2CCN(C(C)=O)CC2)cc1F. The molecule has 21 heavy (non-hydrogen) atoms. The van der Waals surface area contributed by atoms with Crippen LogP contribution in [-0.4, -0.2) is 61.3 Å². The summed E-state index contributed by atoms with van der Waals surface area (Å²) in [5.74, 6) is -0.489. The third kappa shape index (κ3) is 3.78. The van der Waals surface area contributed by atoms with Gasteiger partial charge in [0.1, 0.15) is 0 Å². The second-order valence-electron chi connectivity index (χ2n) is 5.05. The number of hydrogen-bond donors (Lipinski definition) is 0. The predicted molar refractivity (Wildman–Crippen MR) is 76.0 cm³/mol. The summed E-state index contributed by atoms with van der Waals surface area (Å²) >= 11 is 0. The fourth-order valence-corrected chi connectivity index (χ4v) is 2.36. The number of nitrogens with zero attached hydrogens (tertiary/aromatic N) is 2. The number of halogens is 1. The molecule has 1 aromatic rings. The molecule has 2 rings (SSSR count). The largest absolute Gasteiger partial charge is 0.494 e. The first-order valence-electron chi connectivity index (χ1n) is 6.86. The van der Waals surface area contributed by atoms with E-state index in [1.165, 1.54) is 19.2 Å². The molecule has 1 fully saturated rings. The average Bonchev–Trinajstić information content (AvgIpc) is 2.47. The molecule has 0 unspecified atom stereocenters. The number of rotatable bonds is 4. The van der Waals surface area contributed by atoms with E-state index in [0.717, 1.165) is 0 Å². The predicted octanol–water partition coefficient (Wildman–Crippen LogP) is 1.18. The molecule has 6 heteroatoms. The Labute approximate surface area is 123 Å². The Hall–Kier alpha value is -1.95. The topological polar surface area (TPSA) is 49.9 Å². The minimum atomic E-state index is -0.537. The molecule has 0 aliphatic carbocycles. The number of piperazine rings is 1. The van der Waals surface area contributed by atoms with Gasteiger partial charge in [-0.1, -0.05) is 0 Å². The standard InChI is InChI=1S/C15H19FN2O3/c1-11(19)18-7-5-17(6-8-18)10-14(20)12-3-4-15(21-2)13(16)9-12/h3-4,9H,5-8,10H2,1-2H3. The molecule has 0 N–H and O–H groups in total. The molecule has 1 amide bonds. The Bertz CT molecular complexity index is 540. The summed E-state index contributed by atoms with van der Waals surface area (Å²) in [6, 6.07) is 4.22. The van der Waals surface area contributed by atoms with Crippen molar-refractivity contribution >= 4 is 11.7 Å². The fourth-order valence-electron chi connectivity index (χ4n) is 2.36. The minimum Gasteiger partial charge on any atom is -0.494 e. The zero-order valence-electron chi connectivity index (χ0n) is 12.3. The van der Waals surface area contributed by atoms with E-state index in [4.69, 9.17) is 4.74 Å². The van der Waals surface area contributed by atoms with E-state index >= 15 is 0 Å². The molecular formula is C15H19FN2O3. The van der Waals surface area contributed by atoms with Crippen LogP contribution in [0.4, 0.5) is 4.39 Å². The van der Waals surface area contributed by atoms with Crippen LogP contribution in [0.25, 0.3) is 0 Å². The molecule has 0 radical (unpaired) electrons. The lowest BCUT2D eigenvalue weighted by atomic mass is 10.1. The number of ether oxygens (including phenoxy) is 1. The molecule has 5 nitrogen and oxygen atoms in total. The van der Waals surface area contributed by atoms with Gasteiger partial charge in [-0.05, 0) is 18.2 Å². The van der Waals surface area contributed by atoms with Crippen LogP contribution in [0.3, 0.4) is 0 Å². The van der Waals surface area contributed by atoms with Crippen molar-refractivity contribution in [2.45, 2.75) is 6.92 Å². The maximum atomic E-state index is 13.6. The van der Waals surface area contributed by atoms with Crippen LogP contribution >= 0.6 is 0 Å². The van der Waals surface area contributed by atoms with Gasteiger partial charge in [-0.2, -0.15) is 0 Å². The highest BCUT2D eigenvalue weighted by molar-refractivity contribution is 5.97. The van der Waals surface area contributed by atoms with Gasteiger partial charge < -0.3 is 9.64 Å². The van der Waals surface area contributed by atoms with Gasteiger partial charge in [-0.25, -0.2) is 4.39 Å². The Morgan fingerprint density at radius 3 is 2.43 bits per heavy atom. The maximum absolute atomic E-state index is 13.6. The number of methoxy groups -OCH3 is 1. The molecule has 114 valence electrons. The van der Waals surface area contributed by atoms with Crippen molar-refractivity contribution in [3.8, 4) is 5.75 Å². The van der Waals surface area contributed by atoms with Gasteiger partial charge >= 0.3 is 0 Å². The fraction of sp³-hybridized carbons (Fsp3) is 0.467. The van der Waals surface area contributed by atoms with Gasteiger partial charge in [0.15, 0.2) is 17.3 Å². The van der Waals surface area contributed by atoms with Crippen molar-refractivity contribution in [2.24, 2.45) is 0 Å². The summed E-state index contributed by atoms with van der Waals surface area (Å²) in [6.07, 6.45) is 0. The Morgan fingerprint density at radius 1 is 1.24 bits per heavy atom. The third-order valence-electron chi connectivity index (χ3n) is 3.66. The van der Waals surface area contributed by atoms with E-state index < -0.39 is 5.82 Å². The van der Waals surface area contributed by atoms with Gasteiger partial charge in [0.2, 0.25) is 5.91 Å². The van der Waals surface area contributed by atoms with Gasteiger partial charge in [-0.3, -0.25) is 14.5 Å². The molecule has 0 aromatic heterocycles. The van der Waals surface area contributed by atoms with Crippen molar-refractivity contribution in [3.05, 3.63) is 29.6 Å². The molecule has 0 bridgehead atoms. The summed E-state index contributed by atoms with van der Waals surface area (Å²) < 4.78 is 18.4. The highest BCUT2D eigenvalue weighted by Gasteiger charge is 2.21. The Balaban J connectivity index is 1.93. The molecule has 1 saturated heterocycles. The summed E-state index contributed by atoms with van der Waals surface area (Å²) in [4.78, 5) is 27.1. The van der Waals surface area contributed by atoms with E-state index in [1.54, 1.807) is 17.9 Å². The van der Waals surface area contributed by atoms with Gasteiger partial charge in [0.25, 0.3) is 0 Å². The van der Waals surface area contributed by atoms with Gasteiger partial charge in [0, 0.05) is 38.7 Å². The first-order valence-corrected chi connectivity index (χ1v) is 6.86. The van der Waals surface area contributed by atoms with Gasteiger partial charge in [-0.15, -0.1) is 0 Å². The molecule has 1 heterocycles. The molecule has 0 atom stereocenters. The molecule has 0 saturated carbocycles. The first-order chi connectivity index (χ1) is 10.0. The zero-order valence-corrected chi connectivity index (χ0v) is 12.3. The minimum absolute atomic E-state index is 0.0539. The number of hydrogen-bond acceptors (Lipinski definition) is 4. The first kappa shape index (κ1) is 15.4.